The number of carbonyl (C=O) groups excluding carboxylic acids is 1. The third-order valence-corrected chi connectivity index (χ3v) is 8.90. The van der Waals surface area contributed by atoms with Crippen molar-refractivity contribution >= 4 is 17.3 Å². The normalized spacial score (nSPS) is 15.0. The second kappa shape index (κ2) is 22.8. The van der Waals surface area contributed by atoms with E-state index in [0.717, 1.165) is 63.3 Å². The number of ether oxygens (including phenoxy) is 3. The van der Waals surface area contributed by atoms with Crippen molar-refractivity contribution in [3.05, 3.63) is 83.4 Å². The van der Waals surface area contributed by atoms with Gasteiger partial charge in [0, 0.05) is 36.4 Å². The van der Waals surface area contributed by atoms with Crippen LogP contribution in [0.1, 0.15) is 94.6 Å². The van der Waals surface area contributed by atoms with E-state index in [1.54, 1.807) is 33.5 Å². The maximum absolute atomic E-state index is 13.6. The highest BCUT2D eigenvalue weighted by atomic mass is 16.5. The Morgan fingerprint density at radius 1 is 0.860 bits per heavy atom. The molecule has 3 aromatic carbocycles. The molecule has 276 valence electrons. The van der Waals surface area contributed by atoms with Crippen molar-refractivity contribution in [1.82, 2.24) is 9.80 Å². The van der Waals surface area contributed by atoms with Crippen LogP contribution in [0.5, 0.6) is 17.2 Å². The number of aliphatic imine (C=N–C) groups is 1. The molecule has 1 atom stereocenters. The Hall–Kier alpha value is -3.88. The van der Waals surface area contributed by atoms with Gasteiger partial charge >= 0.3 is 0 Å². The first-order valence-electron chi connectivity index (χ1n) is 18.2. The van der Waals surface area contributed by atoms with Gasteiger partial charge in [0.1, 0.15) is 0 Å². The number of methoxy groups -OCH3 is 3. The van der Waals surface area contributed by atoms with Gasteiger partial charge in [0.05, 0.1) is 27.0 Å². The number of unbranched alkanes of at least 4 members (excludes halogenated alkanes) is 1. The predicted molar refractivity (Wildman–Crippen MR) is 208 cm³/mol. The van der Waals surface area contributed by atoms with E-state index < -0.39 is 0 Å². The van der Waals surface area contributed by atoms with Crippen LogP contribution >= 0.6 is 0 Å². The zero-order valence-corrected chi connectivity index (χ0v) is 32.3. The van der Waals surface area contributed by atoms with Crippen molar-refractivity contribution in [2.45, 2.75) is 85.5 Å². The zero-order valence-electron chi connectivity index (χ0n) is 32.3. The number of hydrogen-bond donors (Lipinski definition) is 1. The van der Waals surface area contributed by atoms with Gasteiger partial charge in [-0.2, -0.15) is 0 Å². The first-order valence-corrected chi connectivity index (χ1v) is 18.2. The van der Waals surface area contributed by atoms with Crippen LogP contribution in [0, 0.1) is 6.92 Å². The molecular formula is C42H63N3O5. The molecular weight excluding hydrogens is 626 g/mol. The van der Waals surface area contributed by atoms with Gasteiger partial charge in [0.2, 0.25) is 5.75 Å². The quantitative estimate of drug-likeness (QED) is 0.161. The van der Waals surface area contributed by atoms with Gasteiger partial charge < -0.3 is 29.1 Å². The minimum Gasteiger partial charge on any atom is -0.493 e. The van der Waals surface area contributed by atoms with Gasteiger partial charge in [-0.25, -0.2) is 0 Å². The molecule has 1 unspecified atom stereocenters. The lowest BCUT2D eigenvalue weighted by molar-refractivity contribution is 0.0780. The van der Waals surface area contributed by atoms with Crippen molar-refractivity contribution in [2.24, 2.45) is 4.99 Å². The van der Waals surface area contributed by atoms with E-state index in [-0.39, 0.29) is 11.3 Å². The number of aryl methyl sites for hydroxylation is 1. The van der Waals surface area contributed by atoms with Crippen molar-refractivity contribution < 1.29 is 24.1 Å². The van der Waals surface area contributed by atoms with E-state index in [1.807, 2.05) is 43.9 Å². The molecule has 1 amide bonds. The topological polar surface area (TPSA) is 83.8 Å². The number of para-hydroxylation sites is 1. The number of hydrogen-bond acceptors (Lipinski definition) is 7. The maximum Gasteiger partial charge on any atom is 0.254 e. The fourth-order valence-corrected chi connectivity index (χ4v) is 6.14. The van der Waals surface area contributed by atoms with Crippen LogP contribution in [0.25, 0.3) is 0 Å². The first-order chi connectivity index (χ1) is 24.1. The zero-order chi connectivity index (χ0) is 36.9. The summed E-state index contributed by atoms with van der Waals surface area (Å²) in [6, 6.07) is 22.4. The molecule has 0 aliphatic carbocycles. The SMILES string of the molecule is CC(C)=Nc1ccccc1C.CCCCN(CCC)CCC1(c2ccccc2)CCN(C(=O)c2cc(OC)c(OC)c(OC)c2)C1.CCCO. The van der Waals surface area contributed by atoms with Gasteiger partial charge in [-0.3, -0.25) is 9.79 Å². The Morgan fingerprint density at radius 3 is 2.00 bits per heavy atom. The molecule has 3 aromatic rings. The van der Waals surface area contributed by atoms with Gasteiger partial charge in [-0.05, 0) is 102 Å². The number of benzene rings is 3. The maximum atomic E-state index is 13.6. The number of nitrogens with zero attached hydrogens (tertiary/aromatic N) is 3. The van der Waals surface area contributed by atoms with E-state index in [4.69, 9.17) is 19.3 Å². The largest absolute Gasteiger partial charge is 0.493 e. The summed E-state index contributed by atoms with van der Waals surface area (Å²) in [6.45, 7) is 17.6. The fraction of sp³-hybridized carbons (Fsp3) is 0.524. The Balaban J connectivity index is 0.000000478. The summed E-state index contributed by atoms with van der Waals surface area (Å²) < 4.78 is 16.4. The summed E-state index contributed by atoms with van der Waals surface area (Å²) in [5, 5.41) is 7.88. The third-order valence-electron chi connectivity index (χ3n) is 8.90. The Morgan fingerprint density at radius 2 is 1.48 bits per heavy atom. The monoisotopic (exact) mass is 689 g/mol. The Bertz CT molecular complexity index is 1410. The van der Waals surface area contributed by atoms with Crippen LogP contribution in [-0.4, -0.2) is 87.2 Å². The van der Waals surface area contributed by atoms with Gasteiger partial charge in [-0.1, -0.05) is 75.7 Å². The molecule has 0 spiro atoms. The van der Waals surface area contributed by atoms with Gasteiger partial charge in [0.25, 0.3) is 5.91 Å². The predicted octanol–water partition coefficient (Wildman–Crippen LogP) is 8.89. The summed E-state index contributed by atoms with van der Waals surface area (Å²) in [7, 11) is 4.71. The van der Waals surface area contributed by atoms with E-state index >= 15 is 0 Å². The average Bonchev–Trinajstić information content (AvgIpc) is 3.59. The molecule has 0 aromatic heterocycles. The molecule has 0 bridgehead atoms. The number of aliphatic hydroxyl groups excluding tert-OH is 1. The van der Waals surface area contributed by atoms with Crippen LogP contribution in [0.4, 0.5) is 5.69 Å². The molecule has 1 aliphatic heterocycles. The summed E-state index contributed by atoms with van der Waals surface area (Å²) in [5.41, 5.74) is 5.24. The van der Waals surface area contributed by atoms with Crippen LogP contribution < -0.4 is 14.2 Å². The van der Waals surface area contributed by atoms with Crippen LogP contribution in [0.15, 0.2) is 71.7 Å². The molecule has 4 rings (SSSR count). The smallest absolute Gasteiger partial charge is 0.254 e. The average molecular weight is 690 g/mol. The molecule has 0 radical (unpaired) electrons. The lowest BCUT2D eigenvalue weighted by Gasteiger charge is -2.33. The Kier molecular flexibility index (Phi) is 19.2. The minimum absolute atomic E-state index is 0.00143. The summed E-state index contributed by atoms with van der Waals surface area (Å²) >= 11 is 0. The molecule has 1 saturated heterocycles. The number of aliphatic hydroxyl groups is 1. The molecule has 1 aliphatic rings. The second-order valence-corrected chi connectivity index (χ2v) is 13.1. The van der Waals surface area contributed by atoms with Crippen molar-refractivity contribution in [3.8, 4) is 17.2 Å². The molecule has 8 heteroatoms. The molecule has 1 fully saturated rings. The van der Waals surface area contributed by atoms with Gasteiger partial charge in [-0.15, -0.1) is 0 Å². The van der Waals surface area contributed by atoms with Gasteiger partial charge in [0.15, 0.2) is 11.5 Å². The van der Waals surface area contributed by atoms with E-state index in [1.165, 1.54) is 24.0 Å². The second-order valence-electron chi connectivity index (χ2n) is 13.1. The molecule has 8 nitrogen and oxygen atoms in total. The van der Waals surface area contributed by atoms with Crippen molar-refractivity contribution in [2.75, 3.05) is 60.7 Å². The van der Waals surface area contributed by atoms with Crippen molar-refractivity contribution in [1.29, 1.82) is 0 Å². The van der Waals surface area contributed by atoms with E-state index in [2.05, 4.69) is 67.1 Å². The highest BCUT2D eigenvalue weighted by Crippen LogP contribution is 2.41. The van der Waals surface area contributed by atoms with Crippen molar-refractivity contribution in [3.63, 3.8) is 0 Å². The van der Waals surface area contributed by atoms with Crippen LogP contribution in [0.2, 0.25) is 0 Å². The molecule has 50 heavy (non-hydrogen) atoms. The van der Waals surface area contributed by atoms with Crippen LogP contribution in [-0.2, 0) is 5.41 Å². The number of rotatable bonds is 15. The number of amides is 1. The highest BCUT2D eigenvalue weighted by molar-refractivity contribution is 5.96. The lowest BCUT2D eigenvalue weighted by atomic mass is 9.76. The Labute approximate surface area is 302 Å². The molecule has 1 heterocycles. The molecule has 0 saturated carbocycles. The first kappa shape index (κ1) is 42.3. The van der Waals surface area contributed by atoms with E-state index in [9.17, 15) is 4.79 Å². The minimum atomic E-state index is -0.0459. The summed E-state index contributed by atoms with van der Waals surface area (Å²) in [6.07, 6.45) is 6.47. The fourth-order valence-electron chi connectivity index (χ4n) is 6.14. The number of carbonyl (C=O) groups is 1. The molecule has 1 N–H and O–H groups in total. The lowest BCUT2D eigenvalue weighted by Crippen LogP contribution is -2.38. The van der Waals surface area contributed by atoms with E-state index in [0.29, 0.717) is 36.0 Å². The van der Waals surface area contributed by atoms with Crippen LogP contribution in [0.3, 0.4) is 0 Å². The summed E-state index contributed by atoms with van der Waals surface area (Å²) in [5.74, 6) is 1.48. The third kappa shape index (κ3) is 12.8. The number of likely N-dealkylation sites (tertiary alicyclic amines) is 1. The highest BCUT2D eigenvalue weighted by Gasteiger charge is 2.41. The standard InChI is InChI=1S/C29H42N2O4.C10H13N.C3H8O/c1-6-8-17-30(16-7-2)18-14-29(24-12-10-9-11-13-24)15-19-31(22-29)28(32)23-20-25(33-3)27(35-5)26(21-23)34-4;1-8(2)11-10-7-5-4-6-9(10)3;1-2-3-4/h9-13,20-21H,6-8,14-19,22H2,1-5H3;4-7H,1-3H3;4H,2-3H2,1H3. The summed E-state index contributed by atoms with van der Waals surface area (Å²) in [4.78, 5) is 22.6.